The summed E-state index contributed by atoms with van der Waals surface area (Å²) in [5.74, 6) is -0.155. The Labute approximate surface area is 76.8 Å². The zero-order valence-electron chi connectivity index (χ0n) is 7.41. The number of carbonyl (C=O) groups excluding carboxylic acids is 2. The van der Waals surface area contributed by atoms with Crippen LogP contribution in [0.1, 0.15) is 15.9 Å². The summed E-state index contributed by atoms with van der Waals surface area (Å²) in [7, 11) is 1.57. The van der Waals surface area contributed by atoms with Crippen molar-refractivity contribution in [2.45, 2.75) is 6.42 Å². The van der Waals surface area contributed by atoms with Gasteiger partial charge in [-0.3, -0.25) is 4.79 Å². The Balaban J connectivity index is 3.03. The summed E-state index contributed by atoms with van der Waals surface area (Å²) in [5.41, 5.74) is 1.33. The smallest absolute Gasteiger partial charge is 0.251 e. The number of rotatable bonds is 3. The Morgan fingerprint density at radius 1 is 1.46 bits per heavy atom. The van der Waals surface area contributed by atoms with Gasteiger partial charge in [-0.1, -0.05) is 18.2 Å². The molecule has 0 spiro atoms. The Morgan fingerprint density at radius 3 is 2.77 bits per heavy atom. The monoisotopic (exact) mass is 177 g/mol. The van der Waals surface area contributed by atoms with E-state index in [1.54, 1.807) is 25.2 Å². The van der Waals surface area contributed by atoms with Gasteiger partial charge < -0.3 is 10.1 Å². The molecule has 0 aliphatic heterocycles. The number of carbonyl (C=O) groups is 2. The molecule has 0 saturated carbocycles. The summed E-state index contributed by atoms with van der Waals surface area (Å²) < 4.78 is 0. The van der Waals surface area contributed by atoms with Crippen molar-refractivity contribution >= 4 is 12.2 Å². The van der Waals surface area contributed by atoms with Gasteiger partial charge in [0.15, 0.2) is 0 Å². The van der Waals surface area contributed by atoms with Crippen LogP contribution in [-0.4, -0.2) is 19.2 Å². The second kappa shape index (κ2) is 4.40. The molecule has 1 amide bonds. The van der Waals surface area contributed by atoms with E-state index in [0.29, 0.717) is 5.56 Å². The molecule has 1 aromatic rings. The minimum atomic E-state index is -0.155. The highest BCUT2D eigenvalue weighted by molar-refractivity contribution is 5.96. The van der Waals surface area contributed by atoms with Crippen LogP contribution in [0.5, 0.6) is 0 Å². The largest absolute Gasteiger partial charge is 0.355 e. The zero-order chi connectivity index (χ0) is 9.68. The van der Waals surface area contributed by atoms with Crippen LogP contribution in [0.15, 0.2) is 24.3 Å². The quantitative estimate of drug-likeness (QED) is 0.694. The molecule has 0 fully saturated rings. The van der Waals surface area contributed by atoms with E-state index in [9.17, 15) is 9.59 Å². The van der Waals surface area contributed by atoms with Gasteiger partial charge in [-0.2, -0.15) is 0 Å². The van der Waals surface area contributed by atoms with Crippen molar-refractivity contribution in [1.29, 1.82) is 0 Å². The molecule has 0 aliphatic rings. The lowest BCUT2D eigenvalue weighted by molar-refractivity contribution is -0.107. The first-order chi connectivity index (χ1) is 6.29. The number of hydrogen-bond acceptors (Lipinski definition) is 2. The number of aldehydes is 1. The van der Waals surface area contributed by atoms with Gasteiger partial charge in [0.25, 0.3) is 5.91 Å². The van der Waals surface area contributed by atoms with Crippen LogP contribution in [0.3, 0.4) is 0 Å². The van der Waals surface area contributed by atoms with Gasteiger partial charge in [0.2, 0.25) is 0 Å². The van der Waals surface area contributed by atoms with E-state index in [2.05, 4.69) is 5.32 Å². The Hall–Kier alpha value is -1.64. The van der Waals surface area contributed by atoms with Crippen molar-refractivity contribution in [2.24, 2.45) is 0 Å². The molecule has 13 heavy (non-hydrogen) atoms. The average molecular weight is 177 g/mol. The second-order valence-electron chi connectivity index (χ2n) is 2.61. The highest BCUT2D eigenvalue weighted by atomic mass is 16.1. The Bertz CT molecular complexity index is 320. The normalized spacial score (nSPS) is 9.31. The highest BCUT2D eigenvalue weighted by Crippen LogP contribution is 2.08. The van der Waals surface area contributed by atoms with Gasteiger partial charge in [-0.25, -0.2) is 0 Å². The molecule has 1 aromatic carbocycles. The van der Waals surface area contributed by atoms with Gasteiger partial charge in [0.05, 0.1) is 0 Å². The van der Waals surface area contributed by atoms with Crippen LogP contribution in [0, 0.1) is 0 Å². The summed E-state index contributed by atoms with van der Waals surface area (Å²) >= 11 is 0. The minimum Gasteiger partial charge on any atom is -0.355 e. The van der Waals surface area contributed by atoms with Gasteiger partial charge >= 0.3 is 0 Å². The third-order valence-corrected chi connectivity index (χ3v) is 1.79. The summed E-state index contributed by atoms with van der Waals surface area (Å²) in [4.78, 5) is 21.6. The lowest BCUT2D eigenvalue weighted by Crippen LogP contribution is -2.19. The number of hydrogen-bond donors (Lipinski definition) is 1. The molecule has 1 rings (SSSR count). The third-order valence-electron chi connectivity index (χ3n) is 1.79. The maximum absolute atomic E-state index is 11.3. The predicted molar refractivity (Wildman–Crippen MR) is 49.6 cm³/mol. The molecule has 0 saturated heterocycles. The van der Waals surface area contributed by atoms with Crippen LogP contribution in [-0.2, 0) is 11.2 Å². The van der Waals surface area contributed by atoms with E-state index in [1.165, 1.54) is 0 Å². The molecule has 0 aromatic heterocycles. The summed E-state index contributed by atoms with van der Waals surface area (Å²) in [6.07, 6.45) is 1.07. The molecule has 68 valence electrons. The fourth-order valence-corrected chi connectivity index (χ4v) is 1.14. The summed E-state index contributed by atoms with van der Waals surface area (Å²) in [5, 5.41) is 2.53. The molecule has 3 heteroatoms. The van der Waals surface area contributed by atoms with E-state index < -0.39 is 0 Å². The van der Waals surface area contributed by atoms with Gasteiger partial charge in [-0.15, -0.1) is 0 Å². The maximum Gasteiger partial charge on any atom is 0.251 e. The standard InChI is InChI=1S/C10H11NO2/c1-11-10(13)9-5-3-2-4-8(9)6-7-12/h2-5,7H,6H2,1H3,(H,11,13). The fourth-order valence-electron chi connectivity index (χ4n) is 1.14. The number of nitrogens with one attached hydrogen (secondary N) is 1. The number of amides is 1. The zero-order valence-corrected chi connectivity index (χ0v) is 7.41. The van der Waals surface area contributed by atoms with Crippen molar-refractivity contribution in [3.63, 3.8) is 0 Å². The first-order valence-corrected chi connectivity index (χ1v) is 4.03. The lowest BCUT2D eigenvalue weighted by atomic mass is 10.0. The summed E-state index contributed by atoms with van der Waals surface area (Å²) in [6.45, 7) is 0. The van der Waals surface area contributed by atoms with E-state index in [1.807, 2.05) is 6.07 Å². The summed E-state index contributed by atoms with van der Waals surface area (Å²) in [6, 6.07) is 7.07. The third kappa shape index (κ3) is 2.15. The molecule has 1 N–H and O–H groups in total. The topological polar surface area (TPSA) is 46.2 Å². The van der Waals surface area contributed by atoms with Crippen LogP contribution in [0.2, 0.25) is 0 Å². The second-order valence-corrected chi connectivity index (χ2v) is 2.61. The molecular formula is C10H11NO2. The first kappa shape index (κ1) is 9.45. The Kier molecular flexibility index (Phi) is 3.20. The molecule has 3 nitrogen and oxygen atoms in total. The van der Waals surface area contributed by atoms with Crippen molar-refractivity contribution < 1.29 is 9.59 Å². The highest BCUT2D eigenvalue weighted by Gasteiger charge is 2.07. The van der Waals surface area contributed by atoms with Gasteiger partial charge in [0, 0.05) is 19.0 Å². The molecule has 0 radical (unpaired) electrons. The molecule has 0 bridgehead atoms. The van der Waals surface area contributed by atoms with E-state index in [-0.39, 0.29) is 12.3 Å². The van der Waals surface area contributed by atoms with E-state index in [4.69, 9.17) is 0 Å². The minimum absolute atomic E-state index is 0.155. The molecule has 0 atom stereocenters. The van der Waals surface area contributed by atoms with Crippen LogP contribution in [0.25, 0.3) is 0 Å². The average Bonchev–Trinajstić information content (AvgIpc) is 2.18. The molecule has 0 heterocycles. The lowest BCUT2D eigenvalue weighted by Gasteiger charge is -2.04. The van der Waals surface area contributed by atoms with E-state index >= 15 is 0 Å². The predicted octanol–water partition coefficient (Wildman–Crippen LogP) is 0.788. The van der Waals surface area contributed by atoms with Gasteiger partial charge in [0.1, 0.15) is 6.29 Å². The van der Waals surface area contributed by atoms with Crippen LogP contribution < -0.4 is 5.32 Å². The number of benzene rings is 1. The van der Waals surface area contributed by atoms with Crippen LogP contribution >= 0.6 is 0 Å². The fraction of sp³-hybridized carbons (Fsp3) is 0.200. The SMILES string of the molecule is CNC(=O)c1ccccc1CC=O. The van der Waals surface area contributed by atoms with Gasteiger partial charge in [-0.05, 0) is 11.6 Å². The van der Waals surface area contributed by atoms with Crippen molar-refractivity contribution in [3.8, 4) is 0 Å². The molecule has 0 unspecified atom stereocenters. The molecular weight excluding hydrogens is 166 g/mol. The van der Waals surface area contributed by atoms with Crippen LogP contribution in [0.4, 0.5) is 0 Å². The first-order valence-electron chi connectivity index (χ1n) is 4.03. The van der Waals surface area contributed by atoms with Crippen molar-refractivity contribution in [1.82, 2.24) is 5.32 Å². The van der Waals surface area contributed by atoms with E-state index in [0.717, 1.165) is 11.8 Å². The maximum atomic E-state index is 11.3. The Morgan fingerprint density at radius 2 is 2.15 bits per heavy atom. The van der Waals surface area contributed by atoms with Crippen molar-refractivity contribution in [2.75, 3.05) is 7.05 Å². The molecule has 0 aliphatic carbocycles. The van der Waals surface area contributed by atoms with Crippen molar-refractivity contribution in [3.05, 3.63) is 35.4 Å².